The number of rotatable bonds is 0. The third-order valence-electron chi connectivity index (χ3n) is 0.850. The van der Waals surface area contributed by atoms with Crippen molar-refractivity contribution in [3.63, 3.8) is 0 Å². The summed E-state index contributed by atoms with van der Waals surface area (Å²) < 4.78 is 177. The summed E-state index contributed by atoms with van der Waals surface area (Å²) in [4.78, 5) is 0. The molecular formula is C3H2F9O10S3Y. The minimum absolute atomic E-state index is 0. The van der Waals surface area contributed by atoms with Gasteiger partial charge in [-0.2, -0.15) is 39.5 Å². The minimum Gasteiger partial charge on any atom is -0.741 e. The second-order valence-electron chi connectivity index (χ2n) is 2.70. The van der Waals surface area contributed by atoms with Crippen molar-refractivity contribution < 1.29 is 117 Å². The Morgan fingerprint density at radius 2 is 0.500 bits per heavy atom. The quantitative estimate of drug-likeness (QED) is 0.211. The summed E-state index contributed by atoms with van der Waals surface area (Å²) in [7, 11) is -18.3. The van der Waals surface area contributed by atoms with Crippen molar-refractivity contribution in [3.8, 4) is 0 Å². The summed E-state index contributed by atoms with van der Waals surface area (Å²) in [5.41, 5.74) is -16.9. The van der Waals surface area contributed by atoms with Crippen molar-refractivity contribution in [2.24, 2.45) is 0 Å². The predicted molar refractivity (Wildman–Crippen MR) is 50.9 cm³/mol. The fourth-order valence-corrected chi connectivity index (χ4v) is 0. The average Bonchev–Trinajstić information content (AvgIpc) is 2.08. The molecule has 0 spiro atoms. The maximum Gasteiger partial charge on any atom is 3.00 e. The first-order chi connectivity index (χ1) is 9.75. The summed E-state index contributed by atoms with van der Waals surface area (Å²) in [5, 5.41) is 0. The predicted octanol–water partition coefficient (Wildman–Crippen LogP) is -0.673. The van der Waals surface area contributed by atoms with Crippen LogP contribution in [0.3, 0.4) is 0 Å². The first kappa shape index (κ1) is 37.0. The van der Waals surface area contributed by atoms with E-state index in [4.69, 9.17) is 38.9 Å². The average molecular weight is 554 g/mol. The monoisotopic (exact) mass is 554 g/mol. The zero-order valence-corrected chi connectivity index (χ0v) is 16.2. The van der Waals surface area contributed by atoms with Gasteiger partial charge in [-0.05, 0) is 0 Å². The third-order valence-corrected chi connectivity index (χ3v) is 2.55. The summed E-state index contributed by atoms with van der Waals surface area (Å²) >= 11 is 0. The van der Waals surface area contributed by atoms with E-state index in [1.165, 1.54) is 0 Å². The fourth-order valence-electron chi connectivity index (χ4n) is 0. The van der Waals surface area contributed by atoms with Gasteiger partial charge in [-0.15, -0.1) is 0 Å². The van der Waals surface area contributed by atoms with E-state index in [-0.39, 0.29) is 38.2 Å². The molecule has 0 unspecified atom stereocenters. The number of hydrogen-bond acceptors (Lipinski definition) is 9. The molecule has 0 saturated heterocycles. The molecule has 0 aromatic heterocycles. The van der Waals surface area contributed by atoms with E-state index >= 15 is 0 Å². The van der Waals surface area contributed by atoms with E-state index in [1.807, 2.05) is 0 Å². The number of alkyl halides is 9. The Balaban J connectivity index is -0.0000000817. The smallest absolute Gasteiger partial charge is 0.741 e. The molecule has 0 aromatic rings. The number of halogens is 9. The molecule has 0 aliphatic carbocycles. The first-order valence-electron chi connectivity index (χ1n) is 3.81. The molecule has 0 bridgehead atoms. The molecule has 10 nitrogen and oxygen atoms in total. The van der Waals surface area contributed by atoms with Gasteiger partial charge in [0.1, 0.15) is 0 Å². The Labute approximate surface area is 163 Å². The molecule has 0 rings (SSSR count). The van der Waals surface area contributed by atoms with Gasteiger partial charge in [-0.25, -0.2) is 25.3 Å². The topological polar surface area (TPSA) is 203 Å². The van der Waals surface area contributed by atoms with Crippen molar-refractivity contribution >= 4 is 30.4 Å². The van der Waals surface area contributed by atoms with Crippen LogP contribution in [-0.2, 0) is 63.1 Å². The summed E-state index contributed by atoms with van der Waals surface area (Å²) in [5.74, 6) is 0. The second-order valence-corrected chi connectivity index (χ2v) is 6.81. The Morgan fingerprint density at radius 3 is 0.500 bits per heavy atom. The van der Waals surface area contributed by atoms with Crippen LogP contribution in [0.2, 0.25) is 0 Å². The zero-order chi connectivity index (χ0) is 21.0. The van der Waals surface area contributed by atoms with Gasteiger partial charge in [0.15, 0.2) is 30.4 Å². The maximum absolute atomic E-state index is 10.7. The summed E-state index contributed by atoms with van der Waals surface area (Å²) in [6, 6.07) is 0. The first-order valence-corrected chi connectivity index (χ1v) is 8.04. The van der Waals surface area contributed by atoms with Crippen LogP contribution in [0.1, 0.15) is 0 Å². The molecule has 158 valence electrons. The van der Waals surface area contributed by atoms with Gasteiger partial charge in [0.2, 0.25) is 0 Å². The van der Waals surface area contributed by atoms with E-state index in [0.29, 0.717) is 0 Å². The fraction of sp³-hybridized carbons (Fsp3) is 1.00. The molecule has 26 heavy (non-hydrogen) atoms. The van der Waals surface area contributed by atoms with Crippen LogP contribution >= 0.6 is 0 Å². The Hall–Kier alpha value is 0.164. The molecule has 0 amide bonds. The maximum atomic E-state index is 10.7. The molecule has 0 aromatic carbocycles. The SMILES string of the molecule is O.O=S(=O)([O-])C(F)(F)F.O=S(=O)([O-])C(F)(F)F.O=S(=O)([O-])C(F)(F)F.[Y+3]. The van der Waals surface area contributed by atoms with Crippen molar-refractivity contribution in [3.05, 3.63) is 0 Å². The Morgan fingerprint density at radius 1 is 0.462 bits per heavy atom. The van der Waals surface area contributed by atoms with E-state index < -0.39 is 46.9 Å². The van der Waals surface area contributed by atoms with E-state index in [1.54, 1.807) is 0 Å². The van der Waals surface area contributed by atoms with Crippen molar-refractivity contribution in [2.75, 3.05) is 0 Å². The molecule has 0 fully saturated rings. The summed E-state index contributed by atoms with van der Waals surface area (Å²) in [6.45, 7) is 0. The van der Waals surface area contributed by atoms with Crippen molar-refractivity contribution in [1.82, 2.24) is 0 Å². The molecular weight excluding hydrogens is 552 g/mol. The van der Waals surface area contributed by atoms with Gasteiger partial charge in [0.25, 0.3) is 0 Å². The Bertz CT molecular complexity index is 598. The molecule has 0 aliphatic rings. The van der Waals surface area contributed by atoms with Crippen LogP contribution in [0.5, 0.6) is 0 Å². The van der Waals surface area contributed by atoms with Crippen LogP contribution in [0, 0.1) is 0 Å². The van der Waals surface area contributed by atoms with E-state index in [2.05, 4.69) is 0 Å². The Kier molecular flexibility index (Phi) is 16.0. The van der Waals surface area contributed by atoms with E-state index in [0.717, 1.165) is 0 Å². The summed E-state index contributed by atoms with van der Waals surface area (Å²) in [6.07, 6.45) is 0. The molecule has 0 aliphatic heterocycles. The van der Waals surface area contributed by atoms with E-state index in [9.17, 15) is 39.5 Å². The van der Waals surface area contributed by atoms with Gasteiger partial charge in [0, 0.05) is 0 Å². The third kappa shape index (κ3) is 17.6. The van der Waals surface area contributed by atoms with Gasteiger partial charge >= 0.3 is 49.2 Å². The molecule has 23 heteroatoms. The van der Waals surface area contributed by atoms with Crippen molar-refractivity contribution in [2.45, 2.75) is 16.5 Å². The standard InChI is InChI=1S/3CHF3O3S.H2O.Y/c3*2-1(3,4)8(5,6)7;;/h3*(H,5,6,7);1H2;/q;;;;+3/p-3. The van der Waals surface area contributed by atoms with Crippen LogP contribution in [-0.4, -0.2) is 60.9 Å². The second kappa shape index (κ2) is 11.2. The zero-order valence-electron chi connectivity index (χ0n) is 10.9. The van der Waals surface area contributed by atoms with Crippen LogP contribution in [0.15, 0.2) is 0 Å². The molecule has 0 radical (unpaired) electrons. The van der Waals surface area contributed by atoms with Crippen LogP contribution in [0.25, 0.3) is 0 Å². The van der Waals surface area contributed by atoms with Gasteiger partial charge in [-0.1, -0.05) is 0 Å². The normalized spacial score (nSPS) is 12.9. The van der Waals surface area contributed by atoms with Gasteiger partial charge in [-0.3, -0.25) is 0 Å². The number of hydrogen-bond donors (Lipinski definition) is 0. The molecule has 0 atom stereocenters. The van der Waals surface area contributed by atoms with Crippen LogP contribution in [0.4, 0.5) is 39.5 Å². The largest absolute Gasteiger partial charge is 3.00 e. The molecule has 0 saturated carbocycles. The minimum atomic E-state index is -6.09. The van der Waals surface area contributed by atoms with Crippen LogP contribution < -0.4 is 0 Å². The molecule has 0 heterocycles. The molecule has 2 N–H and O–H groups in total. The van der Waals surface area contributed by atoms with Gasteiger partial charge in [0.05, 0.1) is 0 Å². The van der Waals surface area contributed by atoms with Crippen molar-refractivity contribution in [1.29, 1.82) is 0 Å². The van der Waals surface area contributed by atoms with Gasteiger partial charge < -0.3 is 19.1 Å².